The fraction of sp³-hybridized carbons (Fsp3) is 0.471. The molecule has 1 heterocycles. The SMILES string of the molecule is Cc1ccc(C(C)(C)C)cc1S(=O)(=O)N(C)Cc1cnn(C)c1. The fourth-order valence-corrected chi connectivity index (χ4v) is 3.81. The molecule has 1 aromatic heterocycles. The van der Waals surface area contributed by atoms with Gasteiger partial charge >= 0.3 is 0 Å². The first-order valence-electron chi connectivity index (χ1n) is 7.57. The summed E-state index contributed by atoms with van der Waals surface area (Å²) in [6.07, 6.45) is 3.51. The van der Waals surface area contributed by atoms with Crippen molar-refractivity contribution in [1.29, 1.82) is 0 Å². The first-order valence-corrected chi connectivity index (χ1v) is 9.01. The molecule has 0 amide bonds. The molecule has 0 fully saturated rings. The van der Waals surface area contributed by atoms with Crippen LogP contribution >= 0.6 is 0 Å². The molecule has 0 saturated heterocycles. The van der Waals surface area contributed by atoms with E-state index in [0.717, 1.165) is 16.7 Å². The number of aryl methyl sites for hydroxylation is 2. The van der Waals surface area contributed by atoms with E-state index in [1.54, 1.807) is 24.0 Å². The standard InChI is InChI=1S/C17H25N3O2S/c1-13-7-8-15(17(2,3)4)9-16(13)23(21,22)20(6)12-14-10-18-19(5)11-14/h7-11H,12H2,1-6H3. The summed E-state index contributed by atoms with van der Waals surface area (Å²) < 4.78 is 28.9. The molecule has 0 saturated carbocycles. The zero-order chi connectivity index (χ0) is 17.4. The highest BCUT2D eigenvalue weighted by molar-refractivity contribution is 7.89. The maximum Gasteiger partial charge on any atom is 0.243 e. The summed E-state index contributed by atoms with van der Waals surface area (Å²) in [7, 11) is -0.128. The zero-order valence-electron chi connectivity index (χ0n) is 14.7. The van der Waals surface area contributed by atoms with Gasteiger partial charge in [-0.15, -0.1) is 0 Å². The Morgan fingerprint density at radius 3 is 2.43 bits per heavy atom. The van der Waals surface area contributed by atoms with Crippen LogP contribution in [0.4, 0.5) is 0 Å². The summed E-state index contributed by atoms with van der Waals surface area (Å²) in [5.41, 5.74) is 2.54. The summed E-state index contributed by atoms with van der Waals surface area (Å²) >= 11 is 0. The Labute approximate surface area is 139 Å². The van der Waals surface area contributed by atoms with E-state index < -0.39 is 10.0 Å². The van der Waals surface area contributed by atoms with E-state index in [9.17, 15) is 8.42 Å². The molecule has 1 aromatic carbocycles. The Morgan fingerprint density at radius 2 is 1.91 bits per heavy atom. The molecule has 0 aliphatic carbocycles. The van der Waals surface area contributed by atoms with E-state index in [1.165, 1.54) is 4.31 Å². The van der Waals surface area contributed by atoms with Gasteiger partial charge in [-0.1, -0.05) is 32.9 Å². The zero-order valence-corrected chi connectivity index (χ0v) is 15.5. The smallest absolute Gasteiger partial charge is 0.243 e. The summed E-state index contributed by atoms with van der Waals surface area (Å²) in [5, 5.41) is 4.08. The first kappa shape index (κ1) is 17.7. The van der Waals surface area contributed by atoms with E-state index in [4.69, 9.17) is 0 Å². The monoisotopic (exact) mass is 335 g/mol. The maximum atomic E-state index is 12.9. The molecule has 0 aliphatic heterocycles. The predicted molar refractivity (Wildman–Crippen MR) is 91.7 cm³/mol. The minimum atomic E-state index is -3.55. The maximum absolute atomic E-state index is 12.9. The molecule has 0 spiro atoms. The molecule has 0 radical (unpaired) electrons. The van der Waals surface area contributed by atoms with Crippen molar-refractivity contribution in [2.24, 2.45) is 7.05 Å². The number of aromatic nitrogens is 2. The van der Waals surface area contributed by atoms with Crippen LogP contribution < -0.4 is 0 Å². The van der Waals surface area contributed by atoms with Gasteiger partial charge < -0.3 is 0 Å². The van der Waals surface area contributed by atoms with Gasteiger partial charge in [0.2, 0.25) is 10.0 Å². The van der Waals surface area contributed by atoms with Crippen molar-refractivity contribution in [3.8, 4) is 0 Å². The molecule has 0 N–H and O–H groups in total. The third-order valence-corrected chi connectivity index (χ3v) is 5.85. The highest BCUT2D eigenvalue weighted by atomic mass is 32.2. The molecule has 5 nitrogen and oxygen atoms in total. The van der Waals surface area contributed by atoms with E-state index in [0.29, 0.717) is 11.4 Å². The molecule has 0 aliphatic rings. The lowest BCUT2D eigenvalue weighted by Crippen LogP contribution is -2.27. The van der Waals surface area contributed by atoms with Crippen LogP contribution in [0.15, 0.2) is 35.5 Å². The Balaban J connectivity index is 2.38. The topological polar surface area (TPSA) is 55.2 Å². The molecule has 0 unspecified atom stereocenters. The van der Waals surface area contributed by atoms with Crippen molar-refractivity contribution >= 4 is 10.0 Å². The van der Waals surface area contributed by atoms with E-state index in [-0.39, 0.29) is 5.41 Å². The predicted octanol–water partition coefficient (Wildman–Crippen LogP) is 2.85. The van der Waals surface area contributed by atoms with Gasteiger partial charge in [-0.25, -0.2) is 8.42 Å². The first-order chi connectivity index (χ1) is 10.5. The highest BCUT2D eigenvalue weighted by Gasteiger charge is 2.25. The van der Waals surface area contributed by atoms with Crippen LogP contribution in [0.1, 0.15) is 37.5 Å². The van der Waals surface area contributed by atoms with Gasteiger partial charge in [0.05, 0.1) is 11.1 Å². The number of sulfonamides is 1. The average Bonchev–Trinajstić information content (AvgIpc) is 2.83. The number of nitrogens with zero attached hydrogens (tertiary/aromatic N) is 3. The van der Waals surface area contributed by atoms with Crippen LogP contribution in [0.2, 0.25) is 0 Å². The van der Waals surface area contributed by atoms with Crippen molar-refractivity contribution in [3.63, 3.8) is 0 Å². The summed E-state index contributed by atoms with van der Waals surface area (Å²) in [6, 6.07) is 5.67. The summed E-state index contributed by atoms with van der Waals surface area (Å²) in [4.78, 5) is 0.372. The van der Waals surface area contributed by atoms with Gasteiger partial charge in [-0.05, 0) is 29.5 Å². The van der Waals surface area contributed by atoms with Crippen LogP contribution in [0.3, 0.4) is 0 Å². The van der Waals surface area contributed by atoms with Gasteiger partial charge in [0, 0.05) is 32.4 Å². The highest BCUT2D eigenvalue weighted by Crippen LogP contribution is 2.28. The van der Waals surface area contributed by atoms with Crippen LogP contribution in [-0.2, 0) is 29.0 Å². The van der Waals surface area contributed by atoms with Gasteiger partial charge in [0.25, 0.3) is 0 Å². The summed E-state index contributed by atoms with van der Waals surface area (Å²) in [5.74, 6) is 0. The molecule has 0 atom stereocenters. The van der Waals surface area contributed by atoms with Crippen LogP contribution in [0.25, 0.3) is 0 Å². The normalized spacial score (nSPS) is 12.8. The number of rotatable bonds is 4. The molecular formula is C17H25N3O2S. The van der Waals surface area contributed by atoms with Gasteiger partial charge in [-0.2, -0.15) is 9.40 Å². The van der Waals surface area contributed by atoms with Gasteiger partial charge in [0.1, 0.15) is 0 Å². The second-order valence-electron chi connectivity index (χ2n) is 7.01. The lowest BCUT2D eigenvalue weighted by atomic mass is 9.87. The molecule has 6 heteroatoms. The third kappa shape index (κ3) is 3.82. The Morgan fingerprint density at radius 1 is 1.26 bits per heavy atom. The number of hydrogen-bond donors (Lipinski definition) is 0. The second kappa shape index (κ2) is 6.09. The van der Waals surface area contributed by atoms with Crippen molar-refractivity contribution in [2.75, 3.05) is 7.05 Å². The third-order valence-electron chi connectivity index (χ3n) is 3.91. The Hall–Kier alpha value is -1.66. The summed E-state index contributed by atoms with van der Waals surface area (Å²) in [6.45, 7) is 8.36. The van der Waals surface area contributed by atoms with Crippen LogP contribution in [0.5, 0.6) is 0 Å². The number of benzene rings is 1. The molecule has 0 bridgehead atoms. The van der Waals surface area contributed by atoms with Gasteiger partial charge in [0.15, 0.2) is 0 Å². The van der Waals surface area contributed by atoms with Crippen molar-refractivity contribution < 1.29 is 8.42 Å². The van der Waals surface area contributed by atoms with E-state index in [2.05, 4.69) is 25.9 Å². The quantitative estimate of drug-likeness (QED) is 0.863. The lowest BCUT2D eigenvalue weighted by molar-refractivity contribution is 0.465. The lowest BCUT2D eigenvalue weighted by Gasteiger charge is -2.23. The van der Waals surface area contributed by atoms with Crippen LogP contribution in [0, 0.1) is 6.92 Å². The minimum Gasteiger partial charge on any atom is -0.275 e. The number of hydrogen-bond acceptors (Lipinski definition) is 3. The van der Waals surface area contributed by atoms with Gasteiger partial charge in [-0.3, -0.25) is 4.68 Å². The molecule has 2 aromatic rings. The van der Waals surface area contributed by atoms with E-state index >= 15 is 0 Å². The van der Waals surface area contributed by atoms with Crippen molar-refractivity contribution in [3.05, 3.63) is 47.3 Å². The molecular weight excluding hydrogens is 310 g/mol. The average molecular weight is 335 g/mol. The molecule has 23 heavy (non-hydrogen) atoms. The minimum absolute atomic E-state index is 0.0973. The van der Waals surface area contributed by atoms with E-state index in [1.807, 2.05) is 32.3 Å². The fourth-order valence-electron chi connectivity index (χ4n) is 2.41. The molecule has 2 rings (SSSR count). The molecule has 126 valence electrons. The Bertz CT molecular complexity index is 801. The van der Waals surface area contributed by atoms with Crippen molar-refractivity contribution in [2.45, 2.75) is 44.6 Å². The van der Waals surface area contributed by atoms with Crippen LogP contribution in [-0.4, -0.2) is 29.6 Å². The second-order valence-corrected chi connectivity index (χ2v) is 9.03. The Kier molecular flexibility index (Phi) is 4.69. The van der Waals surface area contributed by atoms with Crippen molar-refractivity contribution in [1.82, 2.24) is 14.1 Å². The largest absolute Gasteiger partial charge is 0.275 e.